The zero-order valence-electron chi connectivity index (χ0n) is 27.1. The van der Waals surface area contributed by atoms with Gasteiger partial charge in [-0.25, -0.2) is 4.79 Å². The number of rotatable bonds is 10. The predicted octanol–water partition coefficient (Wildman–Crippen LogP) is 5.52. The van der Waals surface area contributed by atoms with E-state index < -0.39 is 34.0 Å². The van der Waals surface area contributed by atoms with E-state index in [1.165, 1.54) is 22.7 Å². The summed E-state index contributed by atoms with van der Waals surface area (Å²) in [4.78, 5) is 15.3. The highest BCUT2D eigenvalue weighted by Gasteiger charge is 2.49. The Morgan fingerprint density at radius 1 is 1.05 bits per heavy atom. The number of phenols is 1. The third-order valence-corrected chi connectivity index (χ3v) is 10.5. The lowest BCUT2D eigenvalue weighted by atomic mass is 9.82. The third kappa shape index (κ3) is 8.24. The normalized spacial score (nSPS) is 24.6. The van der Waals surface area contributed by atoms with Gasteiger partial charge in [-0.2, -0.15) is 17.0 Å². The highest BCUT2D eigenvalue weighted by molar-refractivity contribution is 7.86. The van der Waals surface area contributed by atoms with Gasteiger partial charge in [0.15, 0.2) is 0 Å². The summed E-state index contributed by atoms with van der Waals surface area (Å²) < 4.78 is 48.0. The first-order valence-electron chi connectivity index (χ1n) is 15.4. The van der Waals surface area contributed by atoms with Crippen molar-refractivity contribution in [3.8, 4) is 11.5 Å². The van der Waals surface area contributed by atoms with Gasteiger partial charge in [-0.1, -0.05) is 24.3 Å². The first-order valence-corrected chi connectivity index (χ1v) is 16.8. The summed E-state index contributed by atoms with van der Waals surface area (Å²) in [6.45, 7) is 7.74. The predicted molar refractivity (Wildman–Crippen MR) is 170 cm³/mol. The SMILES string of the molecule is COc1ccc(CN([C@H]2C[C@@H](C)N(C(=O)OC(C)(C)C)[C@H]2COC2CCC(c3cccc(O)c3)CC2)S(=O)(=O)N(C)C)cc1. The molecule has 1 aliphatic carbocycles. The topological polar surface area (TPSA) is 109 Å². The Morgan fingerprint density at radius 2 is 1.70 bits per heavy atom. The molecule has 3 atom stereocenters. The van der Waals surface area contributed by atoms with Crippen molar-refractivity contribution in [1.82, 2.24) is 13.5 Å². The number of benzene rings is 2. The van der Waals surface area contributed by atoms with Crippen molar-refractivity contribution in [3.05, 3.63) is 59.7 Å². The molecule has 0 aromatic heterocycles. The van der Waals surface area contributed by atoms with Gasteiger partial charge < -0.3 is 19.3 Å². The fraction of sp³-hybridized carbons (Fsp3) is 0.606. The Kier molecular flexibility index (Phi) is 10.9. The smallest absolute Gasteiger partial charge is 0.410 e. The van der Waals surface area contributed by atoms with Crippen LogP contribution >= 0.6 is 0 Å². The summed E-state index contributed by atoms with van der Waals surface area (Å²) >= 11 is 0. The summed E-state index contributed by atoms with van der Waals surface area (Å²) in [5, 5.41) is 9.92. The lowest BCUT2D eigenvalue weighted by Crippen LogP contribution is -2.54. The van der Waals surface area contributed by atoms with Crippen LogP contribution in [-0.2, 0) is 26.2 Å². The average molecular weight is 632 g/mol. The molecule has 11 heteroatoms. The quantitative estimate of drug-likeness (QED) is 0.368. The number of amides is 1. The largest absolute Gasteiger partial charge is 0.508 e. The Hall–Kier alpha value is -2.86. The number of phenolic OH excluding ortho intramolecular Hbond substituents is 1. The van der Waals surface area contributed by atoms with Gasteiger partial charge in [-0.05, 0) is 101 Å². The summed E-state index contributed by atoms with van der Waals surface area (Å²) in [6.07, 6.45) is 3.48. The van der Waals surface area contributed by atoms with Gasteiger partial charge in [0.1, 0.15) is 17.1 Å². The second-order valence-electron chi connectivity index (χ2n) is 13.2. The van der Waals surface area contributed by atoms with Crippen LogP contribution in [0.2, 0.25) is 0 Å². The minimum atomic E-state index is -3.88. The van der Waals surface area contributed by atoms with E-state index in [0.29, 0.717) is 18.1 Å². The standard InChI is InChI=1S/C33H49N3O7S/c1-23-19-30(35(44(39,40)34(5)6)21-24-11-15-28(41-7)16-12-24)31(36(23)32(38)43-33(2,3)4)22-42-29-17-13-25(14-18-29)26-9-8-10-27(37)20-26/h8-12,15-16,20,23,25,29-31,37H,13-14,17-19,21-22H2,1-7H3/t23-,25?,29?,30+,31+/m1/s1. The van der Waals surface area contributed by atoms with Crippen LogP contribution in [0.3, 0.4) is 0 Å². The van der Waals surface area contributed by atoms with Gasteiger partial charge in [0.05, 0.1) is 31.9 Å². The lowest BCUT2D eigenvalue weighted by molar-refractivity contribution is -0.0279. The molecule has 2 fully saturated rings. The van der Waals surface area contributed by atoms with E-state index in [1.807, 2.05) is 64.1 Å². The van der Waals surface area contributed by atoms with Gasteiger partial charge >= 0.3 is 6.09 Å². The molecule has 2 aliphatic rings. The zero-order chi connectivity index (χ0) is 32.2. The molecule has 244 valence electrons. The van der Waals surface area contributed by atoms with Crippen molar-refractivity contribution in [2.24, 2.45) is 0 Å². The van der Waals surface area contributed by atoms with Crippen LogP contribution in [0.4, 0.5) is 4.79 Å². The molecular weight excluding hydrogens is 582 g/mol. The van der Waals surface area contributed by atoms with Crippen LogP contribution in [-0.4, -0.2) is 90.8 Å². The molecule has 1 aliphatic heterocycles. The molecule has 1 saturated heterocycles. The third-order valence-electron chi connectivity index (χ3n) is 8.61. The fourth-order valence-corrected chi connectivity index (χ4v) is 7.63. The van der Waals surface area contributed by atoms with Gasteiger partial charge in [0, 0.05) is 26.7 Å². The summed E-state index contributed by atoms with van der Waals surface area (Å²) in [7, 11) is 0.758. The molecule has 1 N–H and O–H groups in total. The van der Waals surface area contributed by atoms with Crippen molar-refractivity contribution in [3.63, 3.8) is 0 Å². The number of carbonyl (C=O) groups excluding carboxylic acids is 1. The summed E-state index contributed by atoms with van der Waals surface area (Å²) in [6, 6.07) is 13.4. The Balaban J connectivity index is 1.58. The molecule has 0 bridgehead atoms. The Morgan fingerprint density at radius 3 is 2.27 bits per heavy atom. The minimum absolute atomic E-state index is 0.0129. The molecule has 1 saturated carbocycles. The molecule has 2 aromatic carbocycles. The molecular formula is C33H49N3O7S. The summed E-state index contributed by atoms with van der Waals surface area (Å²) in [5.74, 6) is 1.31. The van der Waals surface area contributed by atoms with E-state index in [1.54, 1.807) is 18.1 Å². The molecule has 0 radical (unpaired) electrons. The van der Waals surface area contributed by atoms with Crippen LogP contribution in [0.25, 0.3) is 0 Å². The molecule has 44 heavy (non-hydrogen) atoms. The van der Waals surface area contributed by atoms with Crippen molar-refractivity contribution in [1.29, 1.82) is 0 Å². The number of ether oxygens (including phenoxy) is 3. The minimum Gasteiger partial charge on any atom is -0.508 e. The number of aromatic hydroxyl groups is 1. The van der Waals surface area contributed by atoms with Gasteiger partial charge in [0.2, 0.25) is 0 Å². The van der Waals surface area contributed by atoms with Crippen LogP contribution < -0.4 is 4.74 Å². The highest BCUT2D eigenvalue weighted by atomic mass is 32.2. The molecule has 10 nitrogen and oxygen atoms in total. The van der Waals surface area contributed by atoms with Crippen molar-refractivity contribution in [2.75, 3.05) is 27.8 Å². The maximum atomic E-state index is 13.8. The van der Waals surface area contributed by atoms with Gasteiger partial charge in [0.25, 0.3) is 10.2 Å². The maximum absolute atomic E-state index is 13.8. The molecule has 1 heterocycles. The van der Waals surface area contributed by atoms with Crippen molar-refractivity contribution < 1.29 is 32.5 Å². The lowest BCUT2D eigenvalue weighted by Gasteiger charge is -2.38. The second-order valence-corrected chi connectivity index (χ2v) is 15.3. The molecule has 1 amide bonds. The molecule has 0 spiro atoms. The van der Waals surface area contributed by atoms with E-state index in [4.69, 9.17) is 14.2 Å². The second kappa shape index (κ2) is 14.1. The van der Waals surface area contributed by atoms with Crippen LogP contribution in [0.1, 0.15) is 76.8 Å². The summed E-state index contributed by atoms with van der Waals surface area (Å²) in [5.41, 5.74) is 1.24. The number of methoxy groups -OCH3 is 1. The molecule has 4 rings (SSSR count). The van der Waals surface area contributed by atoms with E-state index in [0.717, 1.165) is 36.8 Å². The monoisotopic (exact) mass is 631 g/mol. The van der Waals surface area contributed by atoms with Crippen LogP contribution in [0.5, 0.6) is 11.5 Å². The Bertz CT molecular complexity index is 1350. The fourth-order valence-electron chi connectivity index (χ4n) is 6.33. The molecule has 2 aromatic rings. The molecule has 0 unspecified atom stereocenters. The van der Waals surface area contributed by atoms with Gasteiger partial charge in [-0.15, -0.1) is 0 Å². The van der Waals surface area contributed by atoms with Crippen LogP contribution in [0.15, 0.2) is 48.5 Å². The van der Waals surface area contributed by atoms with E-state index in [2.05, 4.69) is 6.07 Å². The van der Waals surface area contributed by atoms with E-state index in [-0.39, 0.29) is 31.0 Å². The highest BCUT2D eigenvalue weighted by Crippen LogP contribution is 2.37. The maximum Gasteiger partial charge on any atom is 0.410 e. The first kappa shape index (κ1) is 34.0. The van der Waals surface area contributed by atoms with Crippen LogP contribution in [0, 0.1) is 0 Å². The number of nitrogens with zero attached hydrogens (tertiary/aromatic N) is 3. The zero-order valence-corrected chi connectivity index (χ0v) is 27.9. The van der Waals surface area contributed by atoms with Crippen molar-refractivity contribution in [2.45, 2.75) is 102 Å². The number of hydrogen-bond acceptors (Lipinski definition) is 7. The van der Waals surface area contributed by atoms with Crippen molar-refractivity contribution >= 4 is 16.3 Å². The van der Waals surface area contributed by atoms with E-state index in [9.17, 15) is 18.3 Å². The first-order chi connectivity index (χ1) is 20.7. The van der Waals surface area contributed by atoms with Gasteiger partial charge in [-0.3, -0.25) is 4.90 Å². The average Bonchev–Trinajstić information content (AvgIpc) is 3.29. The number of likely N-dealkylation sites (tertiary alicyclic amines) is 1. The Labute approximate surface area is 263 Å². The number of hydrogen-bond donors (Lipinski definition) is 1. The number of carbonyl (C=O) groups is 1. The van der Waals surface area contributed by atoms with E-state index >= 15 is 0 Å².